The van der Waals surface area contributed by atoms with Gasteiger partial charge in [0.2, 0.25) is 0 Å². The Morgan fingerprint density at radius 3 is 3.29 bits per heavy atom. The molecule has 5 nitrogen and oxygen atoms in total. The summed E-state index contributed by atoms with van der Waals surface area (Å²) in [7, 11) is 0. The maximum Gasteiger partial charge on any atom is 0.360 e. The topological polar surface area (TPSA) is 64.4 Å². The first-order valence-corrected chi connectivity index (χ1v) is 6.31. The molecule has 0 bridgehead atoms. The molecular formula is C11H14N2O3S. The first-order chi connectivity index (χ1) is 8.27. The van der Waals surface area contributed by atoms with Crippen LogP contribution in [0, 0.1) is 12.3 Å². The molecule has 0 atom stereocenters. The van der Waals surface area contributed by atoms with Gasteiger partial charge >= 0.3 is 5.97 Å². The highest BCUT2D eigenvalue weighted by atomic mass is 32.2. The van der Waals surface area contributed by atoms with Crippen LogP contribution >= 0.6 is 11.8 Å². The first-order valence-electron chi connectivity index (χ1n) is 5.15. The number of hydrogen-bond acceptors (Lipinski definition) is 6. The van der Waals surface area contributed by atoms with Gasteiger partial charge in [-0.3, -0.25) is 0 Å². The second kappa shape index (κ2) is 7.63. The molecule has 0 aliphatic carbocycles. The van der Waals surface area contributed by atoms with Gasteiger partial charge in [0, 0.05) is 12.3 Å². The van der Waals surface area contributed by atoms with Crippen molar-refractivity contribution in [1.82, 2.24) is 4.98 Å². The van der Waals surface area contributed by atoms with Crippen molar-refractivity contribution < 1.29 is 13.9 Å². The minimum absolute atomic E-state index is 0.172. The Morgan fingerprint density at radius 2 is 2.59 bits per heavy atom. The lowest BCUT2D eigenvalue weighted by Gasteiger charge is -1.99. The maximum absolute atomic E-state index is 11.3. The zero-order chi connectivity index (χ0) is 12.5. The Balaban J connectivity index is 2.31. The number of nitrogens with one attached hydrogen (secondary N) is 1. The molecule has 0 aliphatic heterocycles. The number of rotatable bonds is 7. The number of terminal acetylenes is 1. The Kier molecular flexibility index (Phi) is 6.04. The van der Waals surface area contributed by atoms with E-state index in [0.717, 1.165) is 5.75 Å². The van der Waals surface area contributed by atoms with Crippen LogP contribution in [0.5, 0.6) is 0 Å². The van der Waals surface area contributed by atoms with E-state index < -0.39 is 5.97 Å². The van der Waals surface area contributed by atoms with Crippen molar-refractivity contribution in [2.24, 2.45) is 0 Å². The zero-order valence-corrected chi connectivity index (χ0v) is 10.4. The molecule has 0 unspecified atom stereocenters. The van der Waals surface area contributed by atoms with Gasteiger partial charge in [0.15, 0.2) is 5.69 Å². The number of anilines is 1. The van der Waals surface area contributed by atoms with Crippen LogP contribution in [0.3, 0.4) is 0 Å². The van der Waals surface area contributed by atoms with E-state index in [2.05, 4.69) is 16.2 Å². The Labute approximate surface area is 104 Å². The molecule has 1 aromatic heterocycles. The lowest BCUT2D eigenvalue weighted by Crippen LogP contribution is -2.07. The minimum atomic E-state index is -0.481. The lowest BCUT2D eigenvalue weighted by atomic mass is 10.5. The number of carbonyl (C=O) groups is 1. The van der Waals surface area contributed by atoms with E-state index in [1.54, 1.807) is 18.7 Å². The molecule has 0 saturated carbocycles. The number of carbonyl (C=O) groups excluding carboxylic acids is 1. The fourth-order valence-electron chi connectivity index (χ4n) is 1.01. The van der Waals surface area contributed by atoms with Crippen LogP contribution in [0.2, 0.25) is 0 Å². The number of hydrogen-bond donors (Lipinski definition) is 1. The molecule has 0 fully saturated rings. The third kappa shape index (κ3) is 4.83. The Bertz CT molecular complexity index is 398. The molecule has 17 heavy (non-hydrogen) atoms. The van der Waals surface area contributed by atoms with Crippen molar-refractivity contribution in [3.63, 3.8) is 0 Å². The summed E-state index contributed by atoms with van der Waals surface area (Å²) in [5, 5.41) is 2.95. The highest BCUT2D eigenvalue weighted by Gasteiger charge is 2.12. The monoisotopic (exact) mass is 254 g/mol. The van der Waals surface area contributed by atoms with Crippen molar-refractivity contribution in [2.75, 3.05) is 30.0 Å². The van der Waals surface area contributed by atoms with E-state index in [-0.39, 0.29) is 5.69 Å². The molecule has 0 aromatic carbocycles. The van der Waals surface area contributed by atoms with Gasteiger partial charge in [-0.25, -0.2) is 4.79 Å². The summed E-state index contributed by atoms with van der Waals surface area (Å²) in [6.45, 7) is 2.73. The minimum Gasteiger partial charge on any atom is -0.461 e. The maximum atomic E-state index is 11.3. The van der Waals surface area contributed by atoms with Crippen LogP contribution in [-0.4, -0.2) is 35.6 Å². The van der Waals surface area contributed by atoms with E-state index in [0.29, 0.717) is 24.9 Å². The molecule has 1 N–H and O–H groups in total. The number of oxazole rings is 1. The highest BCUT2D eigenvalue weighted by Crippen LogP contribution is 2.09. The molecular weight excluding hydrogens is 240 g/mol. The van der Waals surface area contributed by atoms with Crippen molar-refractivity contribution in [3.8, 4) is 12.3 Å². The smallest absolute Gasteiger partial charge is 0.360 e. The van der Waals surface area contributed by atoms with Crippen LogP contribution in [-0.2, 0) is 4.74 Å². The van der Waals surface area contributed by atoms with Crippen LogP contribution in [0.15, 0.2) is 10.7 Å². The normalized spacial score (nSPS) is 9.65. The molecule has 6 heteroatoms. The Hall–Kier alpha value is -1.61. The van der Waals surface area contributed by atoms with E-state index in [9.17, 15) is 4.79 Å². The molecule has 0 saturated heterocycles. The third-order valence-electron chi connectivity index (χ3n) is 1.70. The van der Waals surface area contributed by atoms with Gasteiger partial charge in [-0.2, -0.15) is 4.98 Å². The van der Waals surface area contributed by atoms with E-state index in [1.165, 1.54) is 6.26 Å². The summed E-state index contributed by atoms with van der Waals surface area (Å²) in [5.41, 5.74) is 0.172. The number of ether oxygens (including phenoxy) is 1. The summed E-state index contributed by atoms with van der Waals surface area (Å²) in [4.78, 5) is 15.2. The Morgan fingerprint density at radius 1 is 1.76 bits per heavy atom. The molecule has 0 spiro atoms. The summed E-state index contributed by atoms with van der Waals surface area (Å²) >= 11 is 1.63. The molecule has 0 aliphatic rings. The second-order valence-electron chi connectivity index (χ2n) is 2.94. The largest absolute Gasteiger partial charge is 0.461 e. The van der Waals surface area contributed by atoms with E-state index in [4.69, 9.17) is 15.6 Å². The SMILES string of the molecule is C#CCSCCNc1nc(C(=O)OCC)co1. The van der Waals surface area contributed by atoms with E-state index >= 15 is 0 Å². The third-order valence-corrected chi connectivity index (χ3v) is 2.56. The van der Waals surface area contributed by atoms with Crippen molar-refractivity contribution in [2.45, 2.75) is 6.92 Å². The van der Waals surface area contributed by atoms with Crippen molar-refractivity contribution in [1.29, 1.82) is 0 Å². The standard InChI is InChI=1S/C11H14N2O3S/c1-3-6-17-7-5-12-11-13-9(8-16-11)10(14)15-4-2/h1,8H,4-7H2,2H3,(H,12,13). The van der Waals surface area contributed by atoms with Gasteiger partial charge in [-0.15, -0.1) is 18.2 Å². The lowest BCUT2D eigenvalue weighted by molar-refractivity contribution is 0.0519. The summed E-state index contributed by atoms with van der Waals surface area (Å²) in [6.07, 6.45) is 6.39. The number of nitrogens with zero attached hydrogens (tertiary/aromatic N) is 1. The fraction of sp³-hybridized carbons (Fsp3) is 0.455. The van der Waals surface area contributed by atoms with Crippen LogP contribution in [0.1, 0.15) is 17.4 Å². The van der Waals surface area contributed by atoms with Crippen molar-refractivity contribution in [3.05, 3.63) is 12.0 Å². The summed E-state index contributed by atoms with van der Waals surface area (Å²) in [5.74, 6) is 3.58. The number of thioether (sulfide) groups is 1. The van der Waals surface area contributed by atoms with Gasteiger partial charge in [0.1, 0.15) is 6.26 Å². The van der Waals surface area contributed by atoms with Gasteiger partial charge in [-0.05, 0) is 6.92 Å². The van der Waals surface area contributed by atoms with Crippen LogP contribution < -0.4 is 5.32 Å². The summed E-state index contributed by atoms with van der Waals surface area (Å²) in [6, 6.07) is 0.314. The number of aromatic nitrogens is 1. The second-order valence-corrected chi connectivity index (χ2v) is 4.05. The predicted molar refractivity (Wildman–Crippen MR) is 67.1 cm³/mol. The van der Waals surface area contributed by atoms with Gasteiger partial charge in [-0.1, -0.05) is 5.92 Å². The summed E-state index contributed by atoms with van der Waals surface area (Å²) < 4.78 is 9.85. The molecule has 1 rings (SSSR count). The average molecular weight is 254 g/mol. The molecule has 1 aromatic rings. The van der Waals surface area contributed by atoms with Crippen LogP contribution in [0.4, 0.5) is 6.01 Å². The molecule has 0 amide bonds. The fourth-order valence-corrected chi connectivity index (χ4v) is 1.52. The average Bonchev–Trinajstić information content (AvgIpc) is 2.78. The zero-order valence-electron chi connectivity index (χ0n) is 9.56. The molecule has 1 heterocycles. The quantitative estimate of drug-likeness (QED) is 0.453. The number of esters is 1. The van der Waals surface area contributed by atoms with E-state index in [1.807, 2.05) is 0 Å². The molecule has 92 valence electrons. The van der Waals surface area contributed by atoms with Crippen molar-refractivity contribution >= 4 is 23.7 Å². The predicted octanol–water partition coefficient (Wildman–Crippen LogP) is 1.63. The molecule has 0 radical (unpaired) electrons. The first kappa shape index (κ1) is 13.5. The highest BCUT2D eigenvalue weighted by molar-refractivity contribution is 7.99. The van der Waals surface area contributed by atoms with Crippen LogP contribution in [0.25, 0.3) is 0 Å². The van der Waals surface area contributed by atoms with Gasteiger partial charge < -0.3 is 14.5 Å². The van der Waals surface area contributed by atoms with Gasteiger partial charge in [0.25, 0.3) is 6.01 Å². The van der Waals surface area contributed by atoms with Gasteiger partial charge in [0.05, 0.1) is 12.4 Å².